The van der Waals surface area contributed by atoms with E-state index in [0.29, 0.717) is 5.69 Å². The van der Waals surface area contributed by atoms with Crippen LogP contribution in [-0.2, 0) is 26.9 Å². The van der Waals surface area contributed by atoms with Crippen molar-refractivity contribution in [3.8, 4) is 0 Å². The molecule has 0 spiro atoms. The van der Waals surface area contributed by atoms with Gasteiger partial charge in [-0.3, -0.25) is 24.3 Å². The van der Waals surface area contributed by atoms with E-state index in [-0.39, 0.29) is 47.8 Å². The van der Waals surface area contributed by atoms with E-state index >= 15 is 0 Å². The molecule has 1 N–H and O–H groups in total. The molecule has 2 heterocycles. The van der Waals surface area contributed by atoms with Gasteiger partial charge in [0, 0.05) is 12.2 Å². The Morgan fingerprint density at radius 2 is 1.86 bits per heavy atom. The van der Waals surface area contributed by atoms with Gasteiger partial charge < -0.3 is 9.84 Å². The van der Waals surface area contributed by atoms with Crippen molar-refractivity contribution in [1.29, 1.82) is 0 Å². The fraction of sp³-hybridized carbons (Fsp3) is 0.333. The second-order valence-electron chi connectivity index (χ2n) is 8.82. The van der Waals surface area contributed by atoms with Gasteiger partial charge in [0.25, 0.3) is 0 Å². The van der Waals surface area contributed by atoms with Gasteiger partial charge in [-0.05, 0) is 48.2 Å². The van der Waals surface area contributed by atoms with Gasteiger partial charge in [0.05, 0.1) is 28.9 Å². The molecule has 2 fully saturated rings. The zero-order chi connectivity index (χ0) is 26.6. The first-order valence-electron chi connectivity index (χ1n) is 11.3. The van der Waals surface area contributed by atoms with E-state index in [9.17, 15) is 37.5 Å². The van der Waals surface area contributed by atoms with Gasteiger partial charge in [0.1, 0.15) is 6.61 Å². The second-order valence-corrected chi connectivity index (χ2v) is 9.23. The van der Waals surface area contributed by atoms with Crippen molar-refractivity contribution >= 4 is 47.0 Å². The van der Waals surface area contributed by atoms with E-state index in [4.69, 9.17) is 16.3 Å². The Balaban J connectivity index is 1.52. The predicted octanol–water partition coefficient (Wildman–Crippen LogP) is 4.47. The summed E-state index contributed by atoms with van der Waals surface area (Å²) in [6.45, 7) is -0.0458. The molecule has 0 radical (unpaired) electrons. The van der Waals surface area contributed by atoms with Gasteiger partial charge >= 0.3 is 24.3 Å². The van der Waals surface area contributed by atoms with Crippen LogP contribution in [0.4, 0.5) is 34.1 Å². The SMILES string of the molecule is O=C(O)C1CN(c2ccc(N3CCOC3=O)c(Cl)c2)C(=O)N(C2CCc3c2cccc3C(F)(F)F)C1=O. The Hall–Kier alpha value is -3.80. The van der Waals surface area contributed by atoms with Gasteiger partial charge in [-0.2, -0.15) is 13.2 Å². The third-order valence-electron chi connectivity index (χ3n) is 6.79. The Bertz CT molecular complexity index is 1330. The molecule has 5 rings (SSSR count). The summed E-state index contributed by atoms with van der Waals surface area (Å²) < 4.78 is 45.5. The molecule has 0 saturated carbocycles. The van der Waals surface area contributed by atoms with Crippen LogP contribution < -0.4 is 9.80 Å². The van der Waals surface area contributed by atoms with Crippen LogP contribution >= 0.6 is 11.6 Å². The van der Waals surface area contributed by atoms with E-state index in [1.807, 2.05) is 0 Å². The van der Waals surface area contributed by atoms with Gasteiger partial charge in [-0.1, -0.05) is 23.7 Å². The van der Waals surface area contributed by atoms with E-state index in [1.165, 1.54) is 35.2 Å². The molecule has 3 aliphatic rings. The first-order chi connectivity index (χ1) is 17.5. The van der Waals surface area contributed by atoms with Crippen LogP contribution in [0.1, 0.15) is 29.2 Å². The number of anilines is 2. The Morgan fingerprint density at radius 3 is 2.49 bits per heavy atom. The molecule has 194 valence electrons. The Morgan fingerprint density at radius 1 is 1.11 bits per heavy atom. The summed E-state index contributed by atoms with van der Waals surface area (Å²) in [5.41, 5.74) is -0.224. The highest BCUT2D eigenvalue weighted by molar-refractivity contribution is 6.34. The summed E-state index contributed by atoms with van der Waals surface area (Å²) >= 11 is 6.37. The first kappa shape index (κ1) is 24.9. The molecule has 1 aliphatic carbocycles. The lowest BCUT2D eigenvalue weighted by atomic mass is 9.98. The normalized spacial score (nSPS) is 21.9. The van der Waals surface area contributed by atoms with Crippen LogP contribution in [-0.4, -0.2) is 53.7 Å². The minimum absolute atomic E-state index is 0.0190. The third-order valence-corrected chi connectivity index (χ3v) is 7.09. The highest BCUT2D eigenvalue weighted by Gasteiger charge is 2.49. The number of imide groups is 1. The molecular formula is C24H19ClF3N3O6. The average Bonchev–Trinajstić information content (AvgIpc) is 3.44. The number of aliphatic carboxylic acids is 1. The molecule has 13 heteroatoms. The fourth-order valence-corrected chi connectivity index (χ4v) is 5.36. The molecule has 2 aromatic carbocycles. The van der Waals surface area contributed by atoms with Gasteiger partial charge in [-0.25, -0.2) is 9.59 Å². The number of nitrogens with zero attached hydrogens (tertiary/aromatic N) is 3. The molecule has 0 aromatic heterocycles. The molecule has 2 unspecified atom stereocenters. The summed E-state index contributed by atoms with van der Waals surface area (Å²) in [4.78, 5) is 53.7. The van der Waals surface area contributed by atoms with E-state index in [0.717, 1.165) is 15.9 Å². The van der Waals surface area contributed by atoms with Crippen molar-refractivity contribution in [1.82, 2.24) is 4.90 Å². The van der Waals surface area contributed by atoms with Gasteiger partial charge in [-0.15, -0.1) is 0 Å². The number of rotatable bonds is 4. The number of amides is 4. The largest absolute Gasteiger partial charge is 0.481 e. The number of fused-ring (bicyclic) bond motifs is 1. The average molecular weight is 538 g/mol. The van der Waals surface area contributed by atoms with Crippen LogP contribution in [0.5, 0.6) is 0 Å². The van der Waals surface area contributed by atoms with Crippen molar-refractivity contribution in [3.05, 3.63) is 58.1 Å². The summed E-state index contributed by atoms with van der Waals surface area (Å²) in [5.74, 6) is -4.11. The quantitative estimate of drug-likeness (QED) is 0.577. The lowest BCUT2D eigenvalue weighted by Crippen LogP contribution is -2.59. The molecule has 37 heavy (non-hydrogen) atoms. The van der Waals surface area contributed by atoms with Gasteiger partial charge in [0.15, 0.2) is 5.92 Å². The van der Waals surface area contributed by atoms with Crippen molar-refractivity contribution < 1.29 is 42.2 Å². The molecule has 2 atom stereocenters. The lowest BCUT2D eigenvalue weighted by Gasteiger charge is -2.40. The first-order valence-corrected chi connectivity index (χ1v) is 11.7. The van der Waals surface area contributed by atoms with Crippen LogP contribution in [0.25, 0.3) is 0 Å². The van der Waals surface area contributed by atoms with E-state index in [1.54, 1.807) is 0 Å². The fourth-order valence-electron chi connectivity index (χ4n) is 5.08. The monoisotopic (exact) mass is 537 g/mol. The predicted molar refractivity (Wildman–Crippen MR) is 123 cm³/mol. The lowest BCUT2D eigenvalue weighted by molar-refractivity contribution is -0.151. The molecule has 9 nitrogen and oxygen atoms in total. The summed E-state index contributed by atoms with van der Waals surface area (Å²) in [5, 5.41) is 9.80. The maximum atomic E-state index is 13.6. The zero-order valence-corrected chi connectivity index (χ0v) is 19.8. The van der Waals surface area contributed by atoms with Crippen LogP contribution in [0.3, 0.4) is 0 Å². The third kappa shape index (κ3) is 4.14. The molecule has 2 aromatic rings. The number of halogens is 4. The number of carbonyl (C=O) groups excluding carboxylic acids is 3. The summed E-state index contributed by atoms with van der Waals surface area (Å²) in [7, 11) is 0. The van der Waals surface area contributed by atoms with Crippen LogP contribution in [0.15, 0.2) is 36.4 Å². The van der Waals surface area contributed by atoms with Crippen molar-refractivity contribution in [2.24, 2.45) is 5.92 Å². The second kappa shape index (κ2) is 8.94. The van der Waals surface area contributed by atoms with Crippen molar-refractivity contribution in [2.45, 2.75) is 25.1 Å². The number of carboxylic acids is 1. The molecular weight excluding hydrogens is 519 g/mol. The summed E-state index contributed by atoms with van der Waals surface area (Å²) in [6.07, 6.45) is -5.22. The smallest absolute Gasteiger partial charge is 0.416 e. The maximum Gasteiger partial charge on any atom is 0.416 e. The number of hydrogen-bond acceptors (Lipinski definition) is 5. The van der Waals surface area contributed by atoms with Crippen LogP contribution in [0.2, 0.25) is 5.02 Å². The summed E-state index contributed by atoms with van der Waals surface area (Å²) in [6, 6.07) is 5.89. The van der Waals surface area contributed by atoms with Crippen LogP contribution in [0, 0.1) is 5.92 Å². The minimum atomic E-state index is -4.62. The highest BCUT2D eigenvalue weighted by atomic mass is 35.5. The zero-order valence-electron chi connectivity index (χ0n) is 19.0. The van der Waals surface area contributed by atoms with Crippen molar-refractivity contribution in [3.63, 3.8) is 0 Å². The Labute approximate surface area is 212 Å². The van der Waals surface area contributed by atoms with E-state index < -0.39 is 54.2 Å². The van der Waals surface area contributed by atoms with Gasteiger partial charge in [0.2, 0.25) is 5.91 Å². The topological polar surface area (TPSA) is 107 Å². The number of hydrogen-bond donors (Lipinski definition) is 1. The Kier molecular flexibility index (Phi) is 6.01. The molecule has 2 aliphatic heterocycles. The number of cyclic esters (lactones) is 1. The minimum Gasteiger partial charge on any atom is -0.481 e. The number of ether oxygens (including phenoxy) is 1. The number of alkyl halides is 3. The number of carbonyl (C=O) groups is 4. The molecule has 0 bridgehead atoms. The molecule has 2 saturated heterocycles. The van der Waals surface area contributed by atoms with Crippen molar-refractivity contribution in [2.75, 3.05) is 29.5 Å². The number of benzene rings is 2. The standard InChI is InChI=1S/C24H19ClF3N3O6/c25-17-10-12(4-6-19(17)29-8-9-37-23(29)36)30-11-15(21(33)34)20(32)31(22(30)35)18-7-5-13-14(18)2-1-3-16(13)24(26,27)28/h1-4,6,10,15,18H,5,7-9,11H2,(H,33,34). The maximum absolute atomic E-state index is 13.6. The number of urea groups is 1. The van der Waals surface area contributed by atoms with E-state index in [2.05, 4.69) is 0 Å². The molecule has 4 amide bonds. The highest BCUT2D eigenvalue weighted by Crippen LogP contribution is 2.44. The number of carboxylic acid groups (broad SMARTS) is 1.